The molecule has 0 saturated heterocycles. The molecule has 1 aromatic heterocycles. The monoisotopic (exact) mass is 197 g/mol. The highest BCUT2D eigenvalue weighted by molar-refractivity contribution is 6.28. The molecule has 1 aromatic rings. The Hall–Kier alpha value is -1.31. The molecule has 0 aliphatic carbocycles. The number of halogens is 1. The van der Waals surface area contributed by atoms with Gasteiger partial charge in [0.25, 0.3) is 0 Å². The van der Waals surface area contributed by atoms with E-state index < -0.39 is 0 Å². The van der Waals surface area contributed by atoms with Crippen LogP contribution in [0.3, 0.4) is 0 Å². The maximum absolute atomic E-state index is 5.55. The number of rotatable bonds is 1. The Bertz CT molecular complexity index is 356. The highest BCUT2D eigenvalue weighted by Crippen LogP contribution is 2.08. The number of hydrogen-bond acceptors (Lipinski definition) is 4. The highest BCUT2D eigenvalue weighted by Gasteiger charge is 1.98. The first-order valence-electron chi connectivity index (χ1n) is 3.50. The summed E-state index contributed by atoms with van der Waals surface area (Å²) in [5.74, 6) is 5.44. The molecule has 2 N–H and O–H groups in total. The van der Waals surface area contributed by atoms with E-state index in [1.807, 2.05) is 0 Å². The normalized spacial score (nSPS) is 9.08. The fourth-order valence-corrected chi connectivity index (χ4v) is 0.795. The second-order valence-electron chi connectivity index (χ2n) is 2.18. The van der Waals surface area contributed by atoms with E-state index >= 15 is 0 Å². The molecule has 0 aromatic carbocycles. The van der Waals surface area contributed by atoms with Gasteiger partial charge in [-0.1, -0.05) is 5.92 Å². The molecular weight excluding hydrogens is 190 g/mol. The minimum absolute atomic E-state index is 0.135. The summed E-state index contributed by atoms with van der Waals surface area (Å²) >= 11 is 5.55. The number of ether oxygens (including phenoxy) is 1. The van der Waals surface area contributed by atoms with Gasteiger partial charge in [-0.2, -0.15) is 0 Å². The van der Waals surface area contributed by atoms with E-state index in [1.165, 1.54) is 6.20 Å². The molecule has 0 saturated carbocycles. The first-order valence-corrected chi connectivity index (χ1v) is 3.87. The molecule has 0 fully saturated rings. The van der Waals surface area contributed by atoms with Crippen LogP contribution in [0.1, 0.15) is 5.69 Å². The van der Waals surface area contributed by atoms with Gasteiger partial charge in [0.15, 0.2) is 0 Å². The predicted molar refractivity (Wildman–Crippen MR) is 50.2 cm³/mol. The van der Waals surface area contributed by atoms with Crippen LogP contribution in [0.2, 0.25) is 5.28 Å². The van der Waals surface area contributed by atoms with Crippen LogP contribution in [0.4, 0.5) is 5.69 Å². The first-order chi connectivity index (χ1) is 6.24. The number of hydrogen-bond donors (Lipinski definition) is 1. The number of aromatic nitrogens is 2. The van der Waals surface area contributed by atoms with Gasteiger partial charge >= 0.3 is 0 Å². The summed E-state index contributed by atoms with van der Waals surface area (Å²) < 4.78 is 4.74. The number of nitrogens with two attached hydrogens (primary N) is 1. The van der Waals surface area contributed by atoms with E-state index in [0.717, 1.165) is 0 Å². The summed E-state index contributed by atoms with van der Waals surface area (Å²) in [6.45, 7) is 0.334. The van der Waals surface area contributed by atoms with E-state index in [-0.39, 0.29) is 5.28 Å². The van der Waals surface area contributed by atoms with Crippen molar-refractivity contribution in [2.75, 3.05) is 19.5 Å². The summed E-state index contributed by atoms with van der Waals surface area (Å²) in [6.07, 6.45) is 1.42. The van der Waals surface area contributed by atoms with Crippen LogP contribution < -0.4 is 5.73 Å². The molecule has 1 rings (SSSR count). The van der Waals surface area contributed by atoms with Crippen molar-refractivity contribution in [1.29, 1.82) is 0 Å². The lowest BCUT2D eigenvalue weighted by molar-refractivity contribution is 0.240. The zero-order chi connectivity index (χ0) is 9.68. The number of nitrogen functional groups attached to an aromatic ring is 1. The van der Waals surface area contributed by atoms with Gasteiger partial charge in [-0.3, -0.25) is 0 Å². The van der Waals surface area contributed by atoms with Gasteiger partial charge in [0.05, 0.1) is 11.9 Å². The van der Waals surface area contributed by atoms with Crippen molar-refractivity contribution >= 4 is 17.3 Å². The molecule has 0 amide bonds. The lowest BCUT2D eigenvalue weighted by atomic mass is 10.3. The molecule has 0 aliphatic rings. The van der Waals surface area contributed by atoms with Gasteiger partial charge in [0.2, 0.25) is 5.28 Å². The van der Waals surface area contributed by atoms with Crippen molar-refractivity contribution in [3.8, 4) is 11.8 Å². The van der Waals surface area contributed by atoms with E-state index in [0.29, 0.717) is 18.0 Å². The first kappa shape index (κ1) is 9.78. The number of methoxy groups -OCH3 is 1. The van der Waals surface area contributed by atoms with E-state index in [4.69, 9.17) is 22.1 Å². The molecule has 0 bridgehead atoms. The molecule has 0 spiro atoms. The van der Waals surface area contributed by atoms with Crippen molar-refractivity contribution in [3.63, 3.8) is 0 Å². The quantitative estimate of drug-likeness (QED) is 0.532. The Kier molecular flexibility index (Phi) is 3.50. The van der Waals surface area contributed by atoms with Gasteiger partial charge < -0.3 is 10.5 Å². The molecule has 0 radical (unpaired) electrons. The van der Waals surface area contributed by atoms with Crippen molar-refractivity contribution in [2.24, 2.45) is 0 Å². The molecular formula is C8H8ClN3O. The van der Waals surface area contributed by atoms with Gasteiger partial charge in [-0.15, -0.1) is 0 Å². The topological polar surface area (TPSA) is 61.0 Å². The predicted octanol–water partition coefficient (Wildman–Crippen LogP) is 0.710. The van der Waals surface area contributed by atoms with Crippen LogP contribution in [-0.2, 0) is 4.74 Å². The Labute approximate surface area is 81.1 Å². The number of nitrogens with zero attached hydrogens (tertiary/aromatic N) is 2. The SMILES string of the molecule is COCC#Cc1nc(Cl)ncc1N. The van der Waals surface area contributed by atoms with Crippen molar-refractivity contribution in [3.05, 3.63) is 17.2 Å². The van der Waals surface area contributed by atoms with Crippen molar-refractivity contribution in [1.82, 2.24) is 9.97 Å². The highest BCUT2D eigenvalue weighted by atomic mass is 35.5. The maximum Gasteiger partial charge on any atom is 0.223 e. The Morgan fingerprint density at radius 1 is 1.69 bits per heavy atom. The summed E-state index contributed by atoms with van der Waals surface area (Å²) in [5.41, 5.74) is 6.38. The van der Waals surface area contributed by atoms with E-state index in [1.54, 1.807) is 7.11 Å². The van der Waals surface area contributed by atoms with E-state index in [9.17, 15) is 0 Å². The second-order valence-corrected chi connectivity index (χ2v) is 2.52. The van der Waals surface area contributed by atoms with Crippen LogP contribution in [0.5, 0.6) is 0 Å². The molecule has 5 heteroatoms. The smallest absolute Gasteiger partial charge is 0.223 e. The minimum Gasteiger partial charge on any atom is -0.395 e. The maximum atomic E-state index is 5.55. The molecule has 1 heterocycles. The fourth-order valence-electron chi connectivity index (χ4n) is 0.662. The summed E-state index contributed by atoms with van der Waals surface area (Å²) in [5, 5.41) is 0.135. The zero-order valence-corrected chi connectivity index (χ0v) is 7.80. The summed E-state index contributed by atoms with van der Waals surface area (Å²) in [6, 6.07) is 0. The van der Waals surface area contributed by atoms with Crippen LogP contribution in [0, 0.1) is 11.8 Å². The van der Waals surface area contributed by atoms with Crippen LogP contribution in [0.15, 0.2) is 6.20 Å². The van der Waals surface area contributed by atoms with Crippen LogP contribution in [-0.4, -0.2) is 23.7 Å². The molecule has 68 valence electrons. The third kappa shape index (κ3) is 2.90. The third-order valence-corrected chi connectivity index (χ3v) is 1.39. The molecule has 13 heavy (non-hydrogen) atoms. The van der Waals surface area contributed by atoms with Gasteiger partial charge in [-0.25, -0.2) is 9.97 Å². The fraction of sp³-hybridized carbons (Fsp3) is 0.250. The van der Waals surface area contributed by atoms with Crippen molar-refractivity contribution < 1.29 is 4.74 Å². The lowest BCUT2D eigenvalue weighted by Gasteiger charge is -1.95. The Morgan fingerprint density at radius 2 is 2.46 bits per heavy atom. The average Bonchev–Trinajstić information content (AvgIpc) is 2.11. The second kappa shape index (κ2) is 4.65. The van der Waals surface area contributed by atoms with Crippen LogP contribution >= 0.6 is 11.6 Å². The van der Waals surface area contributed by atoms with E-state index in [2.05, 4.69) is 21.8 Å². The van der Waals surface area contributed by atoms with Crippen molar-refractivity contribution in [2.45, 2.75) is 0 Å². The lowest BCUT2D eigenvalue weighted by Crippen LogP contribution is -1.96. The summed E-state index contributed by atoms with van der Waals surface area (Å²) in [7, 11) is 1.56. The Balaban J connectivity index is 2.89. The molecule has 0 unspecified atom stereocenters. The van der Waals surface area contributed by atoms with Crippen LogP contribution in [0.25, 0.3) is 0 Å². The summed E-state index contributed by atoms with van der Waals surface area (Å²) in [4.78, 5) is 7.54. The molecule has 0 atom stereocenters. The van der Waals surface area contributed by atoms with Gasteiger partial charge in [-0.05, 0) is 17.5 Å². The largest absolute Gasteiger partial charge is 0.395 e. The molecule has 0 aliphatic heterocycles. The number of anilines is 1. The standard InChI is InChI=1S/C8H8ClN3O/c1-13-4-2-3-7-6(10)5-11-8(9)12-7/h5H,4,10H2,1H3. The Morgan fingerprint density at radius 3 is 3.15 bits per heavy atom. The molecule has 4 nitrogen and oxygen atoms in total. The minimum atomic E-state index is 0.135. The zero-order valence-electron chi connectivity index (χ0n) is 7.04. The third-order valence-electron chi connectivity index (χ3n) is 1.21. The van der Waals surface area contributed by atoms with Gasteiger partial charge in [0, 0.05) is 7.11 Å². The van der Waals surface area contributed by atoms with Gasteiger partial charge in [0.1, 0.15) is 12.3 Å². The average molecular weight is 198 g/mol.